The molecule has 0 amide bonds. The van der Waals surface area contributed by atoms with Crippen molar-refractivity contribution in [3.05, 3.63) is 29.9 Å². The first-order valence-corrected chi connectivity index (χ1v) is 3.77. The highest BCUT2D eigenvalue weighted by Gasteiger charge is 1.92. The van der Waals surface area contributed by atoms with Gasteiger partial charge in [0.25, 0.3) is 0 Å². The van der Waals surface area contributed by atoms with Gasteiger partial charge < -0.3 is 4.74 Å². The van der Waals surface area contributed by atoms with Gasteiger partial charge >= 0.3 is 5.97 Å². The van der Waals surface area contributed by atoms with Crippen LogP contribution in [0.1, 0.15) is 11.4 Å². The number of aryl methyl sites for hydroxylation is 1. The maximum absolute atomic E-state index is 10.7. The summed E-state index contributed by atoms with van der Waals surface area (Å²) < 4.78 is 4.43. The van der Waals surface area contributed by atoms with Crippen molar-refractivity contribution in [3.8, 4) is 0 Å². The van der Waals surface area contributed by atoms with E-state index >= 15 is 0 Å². The van der Waals surface area contributed by atoms with Crippen LogP contribution < -0.4 is 0 Å². The van der Waals surface area contributed by atoms with Crippen LogP contribution in [0.25, 0.3) is 6.08 Å². The van der Waals surface area contributed by atoms with E-state index in [2.05, 4.69) is 14.7 Å². The number of aromatic nitrogens is 2. The minimum Gasteiger partial charge on any atom is -0.466 e. The molecule has 0 atom stereocenters. The van der Waals surface area contributed by atoms with Gasteiger partial charge in [0.1, 0.15) is 5.82 Å². The molecule has 0 aromatic carbocycles. The molecule has 0 aliphatic heterocycles. The van der Waals surface area contributed by atoms with E-state index in [1.807, 2.05) is 0 Å². The van der Waals surface area contributed by atoms with Gasteiger partial charge in [0, 0.05) is 24.0 Å². The van der Waals surface area contributed by atoms with E-state index in [4.69, 9.17) is 0 Å². The Kier molecular flexibility index (Phi) is 3.14. The van der Waals surface area contributed by atoms with E-state index in [0.29, 0.717) is 5.82 Å². The van der Waals surface area contributed by atoms with Crippen molar-refractivity contribution >= 4 is 12.0 Å². The first-order chi connectivity index (χ1) is 6.22. The van der Waals surface area contributed by atoms with Crippen LogP contribution in [0.5, 0.6) is 0 Å². The summed E-state index contributed by atoms with van der Waals surface area (Å²) in [6, 6.07) is 0. The molecule has 1 heterocycles. The molecule has 0 unspecified atom stereocenters. The molecule has 0 radical (unpaired) electrons. The fourth-order valence-electron chi connectivity index (χ4n) is 0.721. The second kappa shape index (κ2) is 4.35. The molecule has 0 aliphatic carbocycles. The number of methoxy groups -OCH3 is 1. The van der Waals surface area contributed by atoms with Crippen LogP contribution in [-0.4, -0.2) is 23.0 Å². The van der Waals surface area contributed by atoms with Gasteiger partial charge in [-0.2, -0.15) is 0 Å². The van der Waals surface area contributed by atoms with Crippen LogP contribution >= 0.6 is 0 Å². The average Bonchev–Trinajstić information content (AvgIpc) is 2.16. The Morgan fingerprint density at radius 2 is 2.08 bits per heavy atom. The maximum Gasteiger partial charge on any atom is 0.330 e. The number of rotatable bonds is 2. The van der Waals surface area contributed by atoms with Gasteiger partial charge in [0.05, 0.1) is 7.11 Å². The van der Waals surface area contributed by atoms with E-state index in [1.54, 1.807) is 25.4 Å². The van der Waals surface area contributed by atoms with Crippen LogP contribution in [0.2, 0.25) is 0 Å². The topological polar surface area (TPSA) is 52.1 Å². The third-order valence-electron chi connectivity index (χ3n) is 1.41. The minimum atomic E-state index is -0.388. The summed E-state index contributed by atoms with van der Waals surface area (Å²) in [6.45, 7) is 1.80. The Bertz CT molecular complexity index is 317. The molecule has 0 fully saturated rings. The molecule has 1 rings (SSSR count). The molecule has 0 aliphatic rings. The van der Waals surface area contributed by atoms with Crippen molar-refractivity contribution in [1.82, 2.24) is 9.97 Å². The van der Waals surface area contributed by atoms with E-state index in [9.17, 15) is 4.79 Å². The van der Waals surface area contributed by atoms with E-state index in [-0.39, 0.29) is 5.97 Å². The number of hydrogen-bond donors (Lipinski definition) is 0. The third kappa shape index (κ3) is 3.02. The number of ether oxygens (including phenoxy) is 1. The Hall–Kier alpha value is -1.71. The SMILES string of the molecule is COC(=O)C=Cc1cnc(C)nc1. The first-order valence-electron chi connectivity index (χ1n) is 3.77. The summed E-state index contributed by atoms with van der Waals surface area (Å²) in [7, 11) is 1.33. The minimum absolute atomic E-state index is 0.388. The van der Waals surface area contributed by atoms with Crippen LogP contribution in [0.15, 0.2) is 18.5 Å². The molecular formula is C9H10N2O2. The molecule has 13 heavy (non-hydrogen) atoms. The lowest BCUT2D eigenvalue weighted by atomic mass is 10.3. The van der Waals surface area contributed by atoms with Crippen molar-refractivity contribution in [3.63, 3.8) is 0 Å². The zero-order chi connectivity index (χ0) is 9.68. The highest BCUT2D eigenvalue weighted by molar-refractivity contribution is 5.86. The maximum atomic E-state index is 10.7. The lowest BCUT2D eigenvalue weighted by Gasteiger charge is -1.92. The van der Waals surface area contributed by atoms with Gasteiger partial charge in [-0.1, -0.05) is 0 Å². The lowest BCUT2D eigenvalue weighted by molar-refractivity contribution is -0.134. The molecule has 0 saturated heterocycles. The smallest absolute Gasteiger partial charge is 0.330 e. The predicted octanol–water partition coefficient (Wildman–Crippen LogP) is 0.971. The number of carbonyl (C=O) groups is 1. The number of carbonyl (C=O) groups excluding carboxylic acids is 1. The average molecular weight is 178 g/mol. The summed E-state index contributed by atoms with van der Waals surface area (Å²) in [5.74, 6) is 0.316. The van der Waals surface area contributed by atoms with Crippen LogP contribution in [0, 0.1) is 6.92 Å². The van der Waals surface area contributed by atoms with Crippen LogP contribution in [-0.2, 0) is 9.53 Å². The van der Waals surface area contributed by atoms with Crippen molar-refractivity contribution in [2.45, 2.75) is 6.92 Å². The highest BCUT2D eigenvalue weighted by Crippen LogP contribution is 1.98. The van der Waals surface area contributed by atoms with Crippen molar-refractivity contribution in [2.75, 3.05) is 7.11 Å². The second-order valence-electron chi connectivity index (χ2n) is 2.42. The quantitative estimate of drug-likeness (QED) is 0.500. The number of nitrogens with zero attached hydrogens (tertiary/aromatic N) is 2. The molecule has 0 saturated carbocycles. The standard InChI is InChI=1S/C9H10N2O2/c1-7-10-5-8(6-11-7)3-4-9(12)13-2/h3-6H,1-2H3. The summed E-state index contributed by atoms with van der Waals surface area (Å²) in [5.41, 5.74) is 0.774. The molecular weight excluding hydrogens is 168 g/mol. The summed E-state index contributed by atoms with van der Waals surface area (Å²) in [6.07, 6.45) is 6.21. The molecule has 0 spiro atoms. The van der Waals surface area contributed by atoms with Crippen molar-refractivity contribution in [1.29, 1.82) is 0 Å². The summed E-state index contributed by atoms with van der Waals surface area (Å²) in [4.78, 5) is 18.6. The van der Waals surface area contributed by atoms with Crippen LogP contribution in [0.3, 0.4) is 0 Å². The largest absolute Gasteiger partial charge is 0.466 e. The Morgan fingerprint density at radius 3 is 2.62 bits per heavy atom. The summed E-state index contributed by atoms with van der Waals surface area (Å²) >= 11 is 0. The lowest BCUT2D eigenvalue weighted by Crippen LogP contribution is -1.93. The molecule has 4 heteroatoms. The van der Waals surface area contributed by atoms with Crippen molar-refractivity contribution < 1.29 is 9.53 Å². The monoisotopic (exact) mass is 178 g/mol. The zero-order valence-electron chi connectivity index (χ0n) is 7.52. The fraction of sp³-hybridized carbons (Fsp3) is 0.222. The molecule has 1 aromatic heterocycles. The third-order valence-corrected chi connectivity index (χ3v) is 1.41. The predicted molar refractivity (Wildman–Crippen MR) is 47.8 cm³/mol. The van der Waals surface area contributed by atoms with Gasteiger partial charge in [0.15, 0.2) is 0 Å². The fourth-order valence-corrected chi connectivity index (χ4v) is 0.721. The van der Waals surface area contributed by atoms with Gasteiger partial charge in [-0.15, -0.1) is 0 Å². The van der Waals surface area contributed by atoms with Gasteiger partial charge in [-0.25, -0.2) is 14.8 Å². The second-order valence-corrected chi connectivity index (χ2v) is 2.42. The highest BCUT2D eigenvalue weighted by atomic mass is 16.5. The Balaban J connectivity index is 2.69. The number of hydrogen-bond acceptors (Lipinski definition) is 4. The normalized spacial score (nSPS) is 10.3. The van der Waals surface area contributed by atoms with Crippen LogP contribution in [0.4, 0.5) is 0 Å². The molecule has 0 N–H and O–H groups in total. The first kappa shape index (κ1) is 9.38. The zero-order valence-corrected chi connectivity index (χ0v) is 7.52. The van der Waals surface area contributed by atoms with Crippen molar-refractivity contribution in [2.24, 2.45) is 0 Å². The Labute approximate surface area is 76.3 Å². The molecule has 4 nitrogen and oxygen atoms in total. The number of esters is 1. The molecule has 0 bridgehead atoms. The van der Waals surface area contributed by atoms with E-state index < -0.39 is 0 Å². The van der Waals surface area contributed by atoms with E-state index in [0.717, 1.165) is 5.56 Å². The Morgan fingerprint density at radius 1 is 1.46 bits per heavy atom. The molecule has 68 valence electrons. The van der Waals surface area contributed by atoms with Gasteiger partial charge in [-0.3, -0.25) is 0 Å². The van der Waals surface area contributed by atoms with Gasteiger partial charge in [0.2, 0.25) is 0 Å². The summed E-state index contributed by atoms with van der Waals surface area (Å²) in [5, 5.41) is 0. The van der Waals surface area contributed by atoms with Gasteiger partial charge in [-0.05, 0) is 13.0 Å². The van der Waals surface area contributed by atoms with E-state index in [1.165, 1.54) is 13.2 Å². The molecule has 1 aromatic rings.